The van der Waals surface area contributed by atoms with Crippen molar-refractivity contribution < 1.29 is 9.53 Å². The minimum atomic E-state index is 0.551. The average Bonchev–Trinajstić information content (AvgIpc) is 2.35. The second-order valence-corrected chi connectivity index (χ2v) is 4.38. The van der Waals surface area contributed by atoms with E-state index in [-0.39, 0.29) is 0 Å². The molecule has 1 aromatic carbocycles. The van der Waals surface area contributed by atoms with Crippen LogP contribution in [-0.2, 0) is 17.6 Å². The van der Waals surface area contributed by atoms with Gasteiger partial charge in [-0.25, -0.2) is 0 Å². The lowest BCUT2D eigenvalue weighted by atomic mass is 10.0. The Kier molecular flexibility index (Phi) is 5.39. The van der Waals surface area contributed by atoms with Gasteiger partial charge < -0.3 is 9.53 Å². The molecule has 0 spiro atoms. The second kappa shape index (κ2) is 6.59. The smallest absolute Gasteiger partial charge is 0.122 e. The Labute approximate surface area is 101 Å². The first-order valence-electron chi connectivity index (χ1n) is 5.44. The number of benzene rings is 1. The van der Waals surface area contributed by atoms with Gasteiger partial charge in [-0.05, 0) is 42.4 Å². The Morgan fingerprint density at radius 1 is 1.38 bits per heavy atom. The molecule has 0 aliphatic rings. The van der Waals surface area contributed by atoms with Crippen LogP contribution in [-0.4, -0.2) is 19.7 Å². The summed E-state index contributed by atoms with van der Waals surface area (Å²) in [4.78, 5) is 11.7. The zero-order valence-electron chi connectivity index (χ0n) is 10.1. The molecule has 1 aromatic rings. The van der Waals surface area contributed by atoms with Crippen LogP contribution in [0.5, 0.6) is 5.75 Å². The molecule has 0 bridgehead atoms. The highest BCUT2D eigenvalue weighted by molar-refractivity contribution is 7.98. The molecular weight excluding hydrogens is 220 g/mol. The van der Waals surface area contributed by atoms with Crippen molar-refractivity contribution in [1.29, 1.82) is 0 Å². The number of thioether (sulfide) groups is 1. The van der Waals surface area contributed by atoms with Crippen molar-refractivity contribution in [3.63, 3.8) is 0 Å². The van der Waals surface area contributed by atoms with Crippen molar-refractivity contribution >= 4 is 18.0 Å². The van der Waals surface area contributed by atoms with Crippen LogP contribution in [0, 0.1) is 0 Å². The summed E-state index contributed by atoms with van der Waals surface area (Å²) >= 11 is 1.74. The molecule has 0 saturated carbocycles. The van der Waals surface area contributed by atoms with Crippen LogP contribution in [0.1, 0.15) is 24.5 Å². The molecule has 0 heterocycles. The summed E-state index contributed by atoms with van der Waals surface area (Å²) in [5.74, 6) is 0.900. The number of carbonyl (C=O) groups excluding carboxylic acids is 1. The van der Waals surface area contributed by atoms with E-state index < -0.39 is 0 Å². The van der Waals surface area contributed by atoms with Gasteiger partial charge in [0, 0.05) is 11.3 Å². The van der Waals surface area contributed by atoms with Crippen LogP contribution in [0.3, 0.4) is 0 Å². The first-order chi connectivity index (χ1) is 7.76. The lowest BCUT2D eigenvalue weighted by Crippen LogP contribution is -1.97. The molecule has 0 fully saturated rings. The van der Waals surface area contributed by atoms with Gasteiger partial charge in [-0.1, -0.05) is 6.92 Å². The predicted molar refractivity (Wildman–Crippen MR) is 68.5 cm³/mol. The molecule has 0 saturated heterocycles. The Morgan fingerprint density at radius 3 is 2.62 bits per heavy atom. The number of ether oxygens (including phenoxy) is 1. The summed E-state index contributed by atoms with van der Waals surface area (Å²) in [5, 5.41) is 0. The summed E-state index contributed by atoms with van der Waals surface area (Å²) in [6.45, 7) is 2.14. The molecule has 3 heteroatoms. The highest BCUT2D eigenvalue weighted by atomic mass is 32.2. The fourth-order valence-electron chi connectivity index (χ4n) is 1.71. The molecule has 0 unspecified atom stereocenters. The zero-order valence-corrected chi connectivity index (χ0v) is 10.9. The Balaban J connectivity index is 3.09. The van der Waals surface area contributed by atoms with E-state index in [1.54, 1.807) is 18.9 Å². The minimum absolute atomic E-state index is 0.551. The lowest BCUT2D eigenvalue weighted by Gasteiger charge is -2.13. The molecule has 0 N–H and O–H groups in total. The van der Waals surface area contributed by atoms with Crippen LogP contribution in [0.15, 0.2) is 17.0 Å². The van der Waals surface area contributed by atoms with Gasteiger partial charge >= 0.3 is 0 Å². The highest BCUT2D eigenvalue weighted by Gasteiger charge is 2.08. The largest absolute Gasteiger partial charge is 0.496 e. The van der Waals surface area contributed by atoms with Crippen LogP contribution in [0.2, 0.25) is 0 Å². The van der Waals surface area contributed by atoms with Gasteiger partial charge in [-0.2, -0.15) is 0 Å². The fraction of sp³-hybridized carbons (Fsp3) is 0.462. The van der Waals surface area contributed by atoms with E-state index >= 15 is 0 Å². The van der Waals surface area contributed by atoms with E-state index in [1.807, 2.05) is 0 Å². The van der Waals surface area contributed by atoms with E-state index in [0.29, 0.717) is 6.42 Å². The van der Waals surface area contributed by atoms with E-state index in [2.05, 4.69) is 25.3 Å². The summed E-state index contributed by atoms with van der Waals surface area (Å²) in [5.41, 5.74) is 2.43. The number of hydrogen-bond donors (Lipinski definition) is 0. The SMILES string of the molecule is CCc1cc(OC)c(CCC=O)cc1SC. The van der Waals surface area contributed by atoms with Gasteiger partial charge in [0.2, 0.25) is 0 Å². The Bertz CT molecular complexity index is 361. The van der Waals surface area contributed by atoms with Crippen molar-refractivity contribution in [2.45, 2.75) is 31.1 Å². The maximum atomic E-state index is 10.4. The van der Waals surface area contributed by atoms with Gasteiger partial charge in [0.05, 0.1) is 7.11 Å². The number of carbonyl (C=O) groups is 1. The third-order valence-electron chi connectivity index (χ3n) is 2.60. The van der Waals surface area contributed by atoms with Crippen molar-refractivity contribution in [1.82, 2.24) is 0 Å². The molecule has 88 valence electrons. The van der Waals surface area contributed by atoms with Gasteiger partial charge in [0.15, 0.2) is 0 Å². The Hall–Kier alpha value is -0.960. The maximum absolute atomic E-state index is 10.4. The van der Waals surface area contributed by atoms with Gasteiger partial charge in [-0.3, -0.25) is 0 Å². The van der Waals surface area contributed by atoms with Gasteiger partial charge in [0.1, 0.15) is 12.0 Å². The van der Waals surface area contributed by atoms with Gasteiger partial charge in [-0.15, -0.1) is 11.8 Å². The predicted octanol–water partition coefficient (Wildman–Crippen LogP) is 3.11. The third kappa shape index (κ3) is 3.01. The van der Waals surface area contributed by atoms with Crippen LogP contribution in [0.25, 0.3) is 0 Å². The zero-order chi connectivity index (χ0) is 12.0. The van der Waals surface area contributed by atoms with E-state index in [9.17, 15) is 4.79 Å². The summed E-state index contributed by atoms with van der Waals surface area (Å²) in [6, 6.07) is 4.23. The highest BCUT2D eigenvalue weighted by Crippen LogP contribution is 2.30. The molecule has 16 heavy (non-hydrogen) atoms. The summed E-state index contributed by atoms with van der Waals surface area (Å²) in [6.07, 6.45) is 5.33. The minimum Gasteiger partial charge on any atom is -0.496 e. The standard InChI is InChI=1S/C13H18O2S/c1-4-10-8-12(15-2)11(6-5-7-14)9-13(10)16-3/h7-9H,4-6H2,1-3H3. The quantitative estimate of drug-likeness (QED) is 0.562. The van der Waals surface area contributed by atoms with Crippen LogP contribution >= 0.6 is 11.8 Å². The number of aldehydes is 1. The van der Waals surface area contributed by atoms with Crippen molar-refractivity contribution in [2.24, 2.45) is 0 Å². The van der Waals surface area contributed by atoms with Crippen LogP contribution < -0.4 is 4.74 Å². The molecule has 0 radical (unpaired) electrons. The van der Waals surface area contributed by atoms with Crippen molar-refractivity contribution in [3.8, 4) is 5.75 Å². The number of aryl methyl sites for hydroxylation is 2. The summed E-state index contributed by atoms with van der Waals surface area (Å²) < 4.78 is 5.36. The second-order valence-electron chi connectivity index (χ2n) is 3.53. The fourth-order valence-corrected chi connectivity index (χ4v) is 2.44. The van der Waals surface area contributed by atoms with Gasteiger partial charge in [0.25, 0.3) is 0 Å². The topological polar surface area (TPSA) is 26.3 Å². The van der Waals surface area contributed by atoms with Crippen molar-refractivity contribution in [2.75, 3.05) is 13.4 Å². The number of hydrogen-bond acceptors (Lipinski definition) is 3. The van der Waals surface area contributed by atoms with E-state index in [0.717, 1.165) is 30.4 Å². The van der Waals surface area contributed by atoms with Crippen molar-refractivity contribution in [3.05, 3.63) is 23.3 Å². The van der Waals surface area contributed by atoms with E-state index in [4.69, 9.17) is 4.74 Å². The molecular formula is C13H18O2S. The molecule has 0 aliphatic carbocycles. The molecule has 2 nitrogen and oxygen atoms in total. The molecule has 0 atom stereocenters. The summed E-state index contributed by atoms with van der Waals surface area (Å²) in [7, 11) is 1.68. The molecule has 0 amide bonds. The monoisotopic (exact) mass is 238 g/mol. The molecule has 0 aliphatic heterocycles. The Morgan fingerprint density at radius 2 is 2.12 bits per heavy atom. The first-order valence-corrected chi connectivity index (χ1v) is 6.66. The molecule has 0 aromatic heterocycles. The molecule has 1 rings (SSSR count). The first kappa shape index (κ1) is 13.1. The third-order valence-corrected chi connectivity index (χ3v) is 3.42. The number of rotatable bonds is 6. The average molecular weight is 238 g/mol. The van der Waals surface area contributed by atoms with Crippen LogP contribution in [0.4, 0.5) is 0 Å². The number of methoxy groups -OCH3 is 1. The van der Waals surface area contributed by atoms with E-state index in [1.165, 1.54) is 10.5 Å². The lowest BCUT2D eigenvalue weighted by molar-refractivity contribution is -0.107. The normalized spacial score (nSPS) is 10.2. The maximum Gasteiger partial charge on any atom is 0.122 e.